The van der Waals surface area contributed by atoms with E-state index in [0.717, 1.165) is 27.7 Å². The molecule has 160 valence electrons. The zero-order valence-corrected chi connectivity index (χ0v) is 18.3. The van der Waals surface area contributed by atoms with E-state index in [1.54, 1.807) is 6.07 Å². The summed E-state index contributed by atoms with van der Waals surface area (Å²) in [6.07, 6.45) is 2.40. The molecule has 8 heteroatoms. The standard InChI is InChI=1S/C22H25NO6S/c1-11-13(3)28-18-10-19-16(9-15(11)18)12(2)14(22(27)29-19)5-6-20(24)23-17(21(25)26)7-8-30-4/h9-10,17H,5-8H2,1-4H3,(H,23,24)(H,25,26)/t17-/m0/s1. The number of furan rings is 1. The summed E-state index contributed by atoms with van der Waals surface area (Å²) in [5.74, 6) is -0.0224. The third-order valence-corrected chi connectivity index (χ3v) is 6.07. The number of hydrogen-bond acceptors (Lipinski definition) is 6. The monoisotopic (exact) mass is 431 g/mol. The molecule has 3 aromatic rings. The van der Waals surface area contributed by atoms with Crippen molar-refractivity contribution < 1.29 is 23.5 Å². The molecule has 0 fully saturated rings. The first-order chi connectivity index (χ1) is 14.2. The van der Waals surface area contributed by atoms with Crippen LogP contribution in [0.1, 0.15) is 35.3 Å². The van der Waals surface area contributed by atoms with Crippen LogP contribution in [-0.4, -0.2) is 35.0 Å². The quantitative estimate of drug-likeness (QED) is 0.523. The van der Waals surface area contributed by atoms with Gasteiger partial charge in [0.2, 0.25) is 5.91 Å². The van der Waals surface area contributed by atoms with Crippen molar-refractivity contribution in [1.82, 2.24) is 5.32 Å². The predicted octanol–water partition coefficient (Wildman–Crippen LogP) is 3.72. The van der Waals surface area contributed by atoms with Gasteiger partial charge in [0.05, 0.1) is 0 Å². The van der Waals surface area contributed by atoms with Crippen LogP contribution >= 0.6 is 11.8 Å². The second-order valence-corrected chi connectivity index (χ2v) is 8.35. The number of benzene rings is 1. The Labute approximate surface area is 177 Å². The summed E-state index contributed by atoms with van der Waals surface area (Å²) in [4.78, 5) is 36.1. The van der Waals surface area contributed by atoms with Crippen LogP contribution < -0.4 is 10.9 Å². The molecule has 0 bridgehead atoms. The first kappa shape index (κ1) is 22.0. The van der Waals surface area contributed by atoms with Crippen LogP contribution in [0.5, 0.6) is 0 Å². The molecule has 0 radical (unpaired) electrons. The van der Waals surface area contributed by atoms with Gasteiger partial charge in [0.15, 0.2) is 0 Å². The number of amides is 1. The van der Waals surface area contributed by atoms with E-state index in [-0.39, 0.29) is 12.8 Å². The van der Waals surface area contributed by atoms with Crippen LogP contribution in [0.4, 0.5) is 0 Å². The molecule has 0 aliphatic carbocycles. The van der Waals surface area contributed by atoms with Crippen molar-refractivity contribution in [3.63, 3.8) is 0 Å². The van der Waals surface area contributed by atoms with Gasteiger partial charge in [-0.15, -0.1) is 0 Å². The van der Waals surface area contributed by atoms with E-state index in [4.69, 9.17) is 8.83 Å². The molecule has 3 rings (SSSR count). The molecule has 0 spiro atoms. The molecule has 1 aromatic carbocycles. The van der Waals surface area contributed by atoms with Crippen molar-refractivity contribution in [3.05, 3.63) is 45.0 Å². The minimum atomic E-state index is -1.06. The number of nitrogens with one attached hydrogen (secondary N) is 1. The molecular formula is C22H25NO6S. The van der Waals surface area contributed by atoms with E-state index in [0.29, 0.717) is 28.9 Å². The normalized spacial score (nSPS) is 12.4. The number of carboxylic acid groups (broad SMARTS) is 1. The largest absolute Gasteiger partial charge is 0.480 e. The van der Waals surface area contributed by atoms with Gasteiger partial charge in [-0.25, -0.2) is 9.59 Å². The van der Waals surface area contributed by atoms with Crippen LogP contribution in [0, 0.1) is 20.8 Å². The Bertz CT molecular complexity index is 1180. The molecule has 1 amide bonds. The van der Waals surface area contributed by atoms with Gasteiger partial charge in [0, 0.05) is 28.8 Å². The molecule has 0 aliphatic rings. The summed E-state index contributed by atoms with van der Waals surface area (Å²) in [7, 11) is 0. The Kier molecular flexibility index (Phi) is 6.55. The van der Waals surface area contributed by atoms with E-state index < -0.39 is 23.5 Å². The lowest BCUT2D eigenvalue weighted by molar-refractivity contribution is -0.141. The van der Waals surface area contributed by atoms with Gasteiger partial charge in [-0.1, -0.05) is 0 Å². The summed E-state index contributed by atoms with van der Waals surface area (Å²) in [5, 5.41) is 13.5. The Morgan fingerprint density at radius 1 is 1.10 bits per heavy atom. The molecule has 1 atom stereocenters. The summed E-state index contributed by atoms with van der Waals surface area (Å²) in [5.41, 5.74) is 2.82. The van der Waals surface area contributed by atoms with Gasteiger partial charge in [0.1, 0.15) is 23.0 Å². The predicted molar refractivity (Wildman–Crippen MR) is 117 cm³/mol. The van der Waals surface area contributed by atoms with Crippen LogP contribution in [-0.2, 0) is 16.0 Å². The maximum Gasteiger partial charge on any atom is 0.339 e. The van der Waals surface area contributed by atoms with Crippen LogP contribution in [0.2, 0.25) is 0 Å². The van der Waals surface area contributed by atoms with Crippen molar-refractivity contribution in [3.8, 4) is 0 Å². The lowest BCUT2D eigenvalue weighted by atomic mass is 10.00. The highest BCUT2D eigenvalue weighted by Gasteiger charge is 2.20. The lowest BCUT2D eigenvalue weighted by Gasteiger charge is -2.14. The van der Waals surface area contributed by atoms with Gasteiger partial charge >= 0.3 is 11.6 Å². The van der Waals surface area contributed by atoms with Crippen LogP contribution in [0.3, 0.4) is 0 Å². The molecule has 7 nitrogen and oxygen atoms in total. The highest BCUT2D eigenvalue weighted by Crippen LogP contribution is 2.31. The minimum absolute atomic E-state index is 0.00620. The molecule has 30 heavy (non-hydrogen) atoms. The summed E-state index contributed by atoms with van der Waals surface area (Å²) < 4.78 is 11.2. The molecule has 0 unspecified atom stereocenters. The van der Waals surface area contributed by atoms with Crippen molar-refractivity contribution in [2.45, 2.75) is 46.1 Å². The zero-order chi connectivity index (χ0) is 22.0. The molecule has 2 N–H and O–H groups in total. The van der Waals surface area contributed by atoms with Gasteiger partial charge in [-0.2, -0.15) is 11.8 Å². The maximum absolute atomic E-state index is 12.5. The smallest absolute Gasteiger partial charge is 0.339 e. The zero-order valence-electron chi connectivity index (χ0n) is 17.5. The molecular weight excluding hydrogens is 406 g/mol. The number of carbonyl (C=O) groups is 2. The number of carbonyl (C=O) groups excluding carboxylic acids is 1. The SMILES string of the molecule is CSCC[C@H](NC(=O)CCc1c(C)c2cc3c(C)c(C)oc3cc2oc1=O)C(=O)O. The average Bonchev–Trinajstić information content (AvgIpc) is 2.96. The highest BCUT2D eigenvalue weighted by atomic mass is 32.2. The summed E-state index contributed by atoms with van der Waals surface area (Å²) in [6, 6.07) is 2.74. The number of aliphatic carboxylic acids is 1. The second kappa shape index (κ2) is 8.95. The van der Waals surface area contributed by atoms with Crippen LogP contribution in [0.25, 0.3) is 21.9 Å². The number of thioether (sulfide) groups is 1. The minimum Gasteiger partial charge on any atom is -0.480 e. The third-order valence-electron chi connectivity index (χ3n) is 5.43. The topological polar surface area (TPSA) is 110 Å². The summed E-state index contributed by atoms with van der Waals surface area (Å²) in [6.45, 7) is 5.69. The van der Waals surface area contributed by atoms with E-state index in [1.165, 1.54) is 11.8 Å². The number of hydrogen-bond donors (Lipinski definition) is 2. The maximum atomic E-state index is 12.5. The van der Waals surface area contributed by atoms with Crippen molar-refractivity contribution in [1.29, 1.82) is 0 Å². The fourth-order valence-electron chi connectivity index (χ4n) is 3.51. The molecule has 0 saturated heterocycles. The Morgan fingerprint density at radius 3 is 2.43 bits per heavy atom. The Hall–Kier alpha value is -2.74. The lowest BCUT2D eigenvalue weighted by Crippen LogP contribution is -2.41. The fraction of sp³-hybridized carbons (Fsp3) is 0.409. The van der Waals surface area contributed by atoms with E-state index in [2.05, 4.69) is 5.32 Å². The fourth-order valence-corrected chi connectivity index (χ4v) is 3.98. The van der Waals surface area contributed by atoms with E-state index >= 15 is 0 Å². The first-order valence-corrected chi connectivity index (χ1v) is 11.1. The average molecular weight is 432 g/mol. The third kappa shape index (κ3) is 4.38. The van der Waals surface area contributed by atoms with Gasteiger partial charge < -0.3 is 19.3 Å². The molecule has 2 heterocycles. The number of aryl methyl sites for hydroxylation is 3. The first-order valence-electron chi connectivity index (χ1n) is 9.70. The van der Waals surface area contributed by atoms with Gasteiger partial charge in [0.25, 0.3) is 0 Å². The van der Waals surface area contributed by atoms with Crippen molar-refractivity contribution >= 4 is 45.6 Å². The molecule has 0 saturated carbocycles. The Balaban J connectivity index is 1.84. The van der Waals surface area contributed by atoms with Crippen molar-refractivity contribution in [2.24, 2.45) is 0 Å². The van der Waals surface area contributed by atoms with Gasteiger partial charge in [-0.3, -0.25) is 4.79 Å². The van der Waals surface area contributed by atoms with Crippen LogP contribution in [0.15, 0.2) is 25.8 Å². The molecule has 2 aromatic heterocycles. The number of rotatable bonds is 8. The van der Waals surface area contributed by atoms with Crippen molar-refractivity contribution in [2.75, 3.05) is 12.0 Å². The highest BCUT2D eigenvalue weighted by molar-refractivity contribution is 7.98. The Morgan fingerprint density at radius 2 is 1.77 bits per heavy atom. The summed E-state index contributed by atoms with van der Waals surface area (Å²) >= 11 is 1.52. The van der Waals surface area contributed by atoms with E-state index in [9.17, 15) is 19.5 Å². The van der Waals surface area contributed by atoms with E-state index in [1.807, 2.05) is 33.1 Å². The number of carboxylic acids is 1. The second-order valence-electron chi connectivity index (χ2n) is 7.36. The van der Waals surface area contributed by atoms with Gasteiger partial charge in [-0.05, 0) is 62.8 Å². The molecule has 0 aliphatic heterocycles. The number of fused-ring (bicyclic) bond motifs is 2.